The number of rotatable bonds is 5. The van der Waals surface area contributed by atoms with Crippen LogP contribution in [0.3, 0.4) is 0 Å². The molecule has 0 saturated carbocycles. The molecular formula is C25H26N4O3S. The number of carbonyl (C=O) groups is 1. The van der Waals surface area contributed by atoms with Gasteiger partial charge < -0.3 is 14.4 Å². The summed E-state index contributed by atoms with van der Waals surface area (Å²) in [6.45, 7) is 4.73. The van der Waals surface area contributed by atoms with Gasteiger partial charge >= 0.3 is 0 Å². The van der Waals surface area contributed by atoms with Gasteiger partial charge in [-0.3, -0.25) is 4.79 Å². The van der Waals surface area contributed by atoms with Crippen molar-refractivity contribution in [3.63, 3.8) is 0 Å². The number of nitrogens with zero attached hydrogens (tertiary/aromatic N) is 4. The molecule has 0 aliphatic carbocycles. The van der Waals surface area contributed by atoms with Crippen LogP contribution in [0.4, 0.5) is 0 Å². The number of ether oxygens (including phenoxy) is 2. The Kier molecular flexibility index (Phi) is 5.54. The van der Waals surface area contributed by atoms with Gasteiger partial charge in [-0.25, -0.2) is 9.67 Å². The Balaban J connectivity index is 1.57. The molecule has 0 N–H and O–H groups in total. The van der Waals surface area contributed by atoms with Crippen LogP contribution in [0.15, 0.2) is 48.1 Å². The van der Waals surface area contributed by atoms with Gasteiger partial charge in [0.05, 0.1) is 32.0 Å². The number of benzene rings is 1. The second-order valence-electron chi connectivity index (χ2n) is 8.39. The Morgan fingerprint density at radius 2 is 1.94 bits per heavy atom. The molecule has 1 atom stereocenters. The van der Waals surface area contributed by atoms with E-state index in [1.54, 1.807) is 38.0 Å². The zero-order chi connectivity index (χ0) is 23.1. The third-order valence-electron chi connectivity index (χ3n) is 6.12. The standard InChI is InChI=1S/C25H26N4O3S/c1-15(2)29-24-17(14-27-29)10-18(13-26-24)25(30)28-8-7-16-11-20(31-3)21(32-4)12-19(16)23(28)22-6-5-9-33-22/h5-6,9-15,23H,7-8H2,1-4H3. The summed E-state index contributed by atoms with van der Waals surface area (Å²) in [5.41, 5.74) is 3.59. The van der Waals surface area contributed by atoms with Crippen LogP contribution in [0, 0.1) is 0 Å². The Morgan fingerprint density at radius 1 is 1.15 bits per heavy atom. The average molecular weight is 463 g/mol. The van der Waals surface area contributed by atoms with E-state index < -0.39 is 0 Å². The molecule has 0 saturated heterocycles. The van der Waals surface area contributed by atoms with E-state index in [1.165, 1.54) is 5.56 Å². The molecule has 1 aliphatic rings. The number of amides is 1. The summed E-state index contributed by atoms with van der Waals surface area (Å²) >= 11 is 1.65. The van der Waals surface area contributed by atoms with Crippen LogP contribution in [0.25, 0.3) is 11.0 Å². The average Bonchev–Trinajstić information content (AvgIpc) is 3.51. The molecule has 170 valence electrons. The summed E-state index contributed by atoms with van der Waals surface area (Å²) in [5.74, 6) is 1.33. The number of carbonyl (C=O) groups excluding carboxylic acids is 1. The van der Waals surface area contributed by atoms with Crippen LogP contribution in [-0.4, -0.2) is 46.3 Å². The van der Waals surface area contributed by atoms with Crippen molar-refractivity contribution in [2.75, 3.05) is 20.8 Å². The molecule has 0 radical (unpaired) electrons. The third kappa shape index (κ3) is 3.64. The molecule has 1 amide bonds. The van der Waals surface area contributed by atoms with Gasteiger partial charge in [0, 0.05) is 29.0 Å². The van der Waals surface area contributed by atoms with Crippen LogP contribution in [0.1, 0.15) is 52.3 Å². The normalized spacial score (nSPS) is 15.7. The topological polar surface area (TPSA) is 69.5 Å². The molecule has 5 rings (SSSR count). The molecule has 33 heavy (non-hydrogen) atoms. The molecule has 3 aromatic heterocycles. The van der Waals surface area contributed by atoms with Crippen molar-refractivity contribution in [2.45, 2.75) is 32.4 Å². The van der Waals surface area contributed by atoms with Crippen LogP contribution in [-0.2, 0) is 6.42 Å². The van der Waals surface area contributed by atoms with E-state index in [-0.39, 0.29) is 18.0 Å². The van der Waals surface area contributed by atoms with Gasteiger partial charge in [0.1, 0.15) is 0 Å². The summed E-state index contributed by atoms with van der Waals surface area (Å²) in [6, 6.07) is 10.0. The maximum absolute atomic E-state index is 13.8. The largest absolute Gasteiger partial charge is 0.493 e. The number of fused-ring (bicyclic) bond motifs is 2. The fraction of sp³-hybridized carbons (Fsp3) is 0.320. The van der Waals surface area contributed by atoms with Crippen molar-refractivity contribution in [1.82, 2.24) is 19.7 Å². The number of thiophene rings is 1. The van der Waals surface area contributed by atoms with Gasteiger partial charge in [-0.15, -0.1) is 11.3 Å². The molecule has 1 unspecified atom stereocenters. The lowest BCUT2D eigenvalue weighted by molar-refractivity contribution is 0.0696. The molecule has 7 nitrogen and oxygen atoms in total. The number of pyridine rings is 1. The van der Waals surface area contributed by atoms with Crippen LogP contribution in [0.5, 0.6) is 11.5 Å². The summed E-state index contributed by atoms with van der Waals surface area (Å²) in [4.78, 5) is 21.4. The Bertz CT molecular complexity index is 1310. The second-order valence-corrected chi connectivity index (χ2v) is 9.37. The second kappa shape index (κ2) is 8.51. The summed E-state index contributed by atoms with van der Waals surface area (Å²) in [6.07, 6.45) is 4.18. The fourth-order valence-corrected chi connectivity index (χ4v) is 5.37. The first-order valence-corrected chi connectivity index (χ1v) is 11.8. The molecule has 8 heteroatoms. The van der Waals surface area contributed by atoms with Crippen molar-refractivity contribution in [3.05, 3.63) is 69.7 Å². The van der Waals surface area contributed by atoms with Crippen molar-refractivity contribution >= 4 is 28.3 Å². The smallest absolute Gasteiger partial charge is 0.256 e. The minimum Gasteiger partial charge on any atom is -0.493 e. The highest BCUT2D eigenvalue weighted by atomic mass is 32.1. The summed E-state index contributed by atoms with van der Waals surface area (Å²) < 4.78 is 13.0. The fourth-order valence-electron chi connectivity index (χ4n) is 4.52. The van der Waals surface area contributed by atoms with Crippen molar-refractivity contribution in [1.29, 1.82) is 0 Å². The quantitative estimate of drug-likeness (QED) is 0.423. The number of hydrogen-bond acceptors (Lipinski definition) is 6. The lowest BCUT2D eigenvalue weighted by Gasteiger charge is -2.37. The Hall–Kier alpha value is -3.39. The van der Waals surface area contributed by atoms with E-state index in [2.05, 4.69) is 30.0 Å². The van der Waals surface area contributed by atoms with Crippen molar-refractivity contribution in [2.24, 2.45) is 0 Å². The molecule has 4 aromatic rings. The summed E-state index contributed by atoms with van der Waals surface area (Å²) in [5, 5.41) is 7.34. The van der Waals surface area contributed by atoms with Crippen molar-refractivity contribution < 1.29 is 14.3 Å². The van der Waals surface area contributed by atoms with E-state index in [1.807, 2.05) is 39.2 Å². The van der Waals surface area contributed by atoms with Crippen LogP contribution < -0.4 is 9.47 Å². The minimum atomic E-state index is -0.199. The predicted molar refractivity (Wildman–Crippen MR) is 128 cm³/mol. The van der Waals surface area contributed by atoms with Gasteiger partial charge in [0.2, 0.25) is 0 Å². The SMILES string of the molecule is COc1cc2c(cc1OC)C(c1cccs1)N(C(=O)c1cnc3c(cnn3C(C)C)c1)CC2. The Morgan fingerprint density at radius 3 is 2.64 bits per heavy atom. The van der Waals surface area contributed by atoms with Crippen molar-refractivity contribution in [3.8, 4) is 11.5 Å². The maximum atomic E-state index is 13.8. The van der Waals surface area contributed by atoms with E-state index >= 15 is 0 Å². The number of methoxy groups -OCH3 is 2. The van der Waals surface area contributed by atoms with E-state index in [9.17, 15) is 4.79 Å². The number of aromatic nitrogens is 3. The zero-order valence-corrected chi connectivity index (χ0v) is 19.9. The highest BCUT2D eigenvalue weighted by Gasteiger charge is 2.34. The van der Waals surface area contributed by atoms with Gasteiger partial charge in [-0.1, -0.05) is 6.07 Å². The first kappa shape index (κ1) is 21.5. The lowest BCUT2D eigenvalue weighted by atomic mass is 9.90. The highest BCUT2D eigenvalue weighted by molar-refractivity contribution is 7.10. The summed E-state index contributed by atoms with van der Waals surface area (Å²) in [7, 11) is 3.28. The predicted octanol–water partition coefficient (Wildman–Crippen LogP) is 4.88. The maximum Gasteiger partial charge on any atom is 0.256 e. The van der Waals surface area contributed by atoms with E-state index in [0.29, 0.717) is 23.6 Å². The zero-order valence-electron chi connectivity index (χ0n) is 19.1. The van der Waals surface area contributed by atoms with Gasteiger partial charge in [0.25, 0.3) is 5.91 Å². The van der Waals surface area contributed by atoms with Crippen LogP contribution >= 0.6 is 11.3 Å². The van der Waals surface area contributed by atoms with Gasteiger partial charge in [-0.05, 0) is 61.0 Å². The first-order valence-electron chi connectivity index (χ1n) is 10.9. The molecule has 4 heterocycles. The molecule has 1 aliphatic heterocycles. The number of hydrogen-bond donors (Lipinski definition) is 0. The molecular weight excluding hydrogens is 436 g/mol. The van der Waals surface area contributed by atoms with Gasteiger partial charge in [0.15, 0.2) is 17.1 Å². The minimum absolute atomic E-state index is 0.0412. The monoisotopic (exact) mass is 462 g/mol. The molecule has 1 aromatic carbocycles. The van der Waals surface area contributed by atoms with Crippen LogP contribution in [0.2, 0.25) is 0 Å². The lowest BCUT2D eigenvalue weighted by Crippen LogP contribution is -2.40. The van der Waals surface area contributed by atoms with Gasteiger partial charge in [-0.2, -0.15) is 5.10 Å². The third-order valence-corrected chi connectivity index (χ3v) is 7.04. The molecule has 0 bridgehead atoms. The highest BCUT2D eigenvalue weighted by Crippen LogP contribution is 2.42. The molecule has 0 spiro atoms. The molecule has 0 fully saturated rings. The van der Waals surface area contributed by atoms with E-state index in [0.717, 1.165) is 27.9 Å². The van der Waals surface area contributed by atoms with E-state index in [4.69, 9.17) is 9.47 Å². The Labute approximate surface area is 196 Å². The first-order chi connectivity index (χ1) is 16.0.